The number of nitrogens with zero attached hydrogens (tertiary/aromatic N) is 2. The summed E-state index contributed by atoms with van der Waals surface area (Å²) in [5, 5.41) is 3.40. The van der Waals surface area contributed by atoms with Crippen LogP contribution in [0.5, 0.6) is 0 Å². The Bertz CT molecular complexity index is 554. The van der Waals surface area contributed by atoms with Crippen molar-refractivity contribution in [3.8, 4) is 0 Å². The van der Waals surface area contributed by atoms with Crippen LogP contribution in [0.3, 0.4) is 0 Å². The van der Waals surface area contributed by atoms with E-state index < -0.39 is 0 Å². The lowest BCUT2D eigenvalue weighted by Crippen LogP contribution is -2.18. The zero-order valence-electron chi connectivity index (χ0n) is 12.6. The van der Waals surface area contributed by atoms with Gasteiger partial charge in [-0.05, 0) is 43.3 Å². The van der Waals surface area contributed by atoms with Crippen LogP contribution in [-0.4, -0.2) is 23.5 Å². The maximum atomic E-state index is 4.45. The Hall–Kier alpha value is -1.39. The van der Waals surface area contributed by atoms with E-state index in [4.69, 9.17) is 0 Å². The predicted molar refractivity (Wildman–Crippen MR) is 92.3 cm³/mol. The van der Waals surface area contributed by atoms with Gasteiger partial charge in [-0.25, -0.2) is 0 Å². The fraction of sp³-hybridized carbons (Fsp3) is 0.353. The molecule has 0 aliphatic heterocycles. The molecule has 0 fully saturated rings. The zero-order valence-corrected chi connectivity index (χ0v) is 14.2. The van der Waals surface area contributed by atoms with Gasteiger partial charge in [0.2, 0.25) is 0 Å². The molecule has 0 radical (unpaired) electrons. The topological polar surface area (TPSA) is 28.2 Å². The molecular weight excluding hydrogens is 326 g/mol. The van der Waals surface area contributed by atoms with E-state index in [2.05, 4.69) is 75.4 Å². The van der Waals surface area contributed by atoms with Gasteiger partial charge < -0.3 is 5.32 Å². The number of anilines is 1. The maximum absolute atomic E-state index is 4.45. The van der Waals surface area contributed by atoms with Crippen LogP contribution in [0.15, 0.2) is 47.1 Å². The molecule has 1 N–H and O–H groups in total. The van der Waals surface area contributed by atoms with Crippen LogP contribution >= 0.6 is 15.9 Å². The molecule has 1 aromatic heterocycles. The molecule has 0 bridgehead atoms. The molecule has 112 valence electrons. The highest BCUT2D eigenvalue weighted by molar-refractivity contribution is 9.10. The lowest BCUT2D eigenvalue weighted by atomic mass is 10.2. The monoisotopic (exact) mass is 347 g/mol. The van der Waals surface area contributed by atoms with Gasteiger partial charge in [-0.15, -0.1) is 0 Å². The van der Waals surface area contributed by atoms with Crippen molar-refractivity contribution in [2.75, 3.05) is 18.9 Å². The summed E-state index contributed by atoms with van der Waals surface area (Å²) in [6, 6.07) is 12.6. The van der Waals surface area contributed by atoms with Crippen LogP contribution in [-0.2, 0) is 13.1 Å². The van der Waals surface area contributed by atoms with E-state index in [1.165, 1.54) is 5.56 Å². The second kappa shape index (κ2) is 8.15. The molecule has 4 heteroatoms. The first-order chi connectivity index (χ1) is 10.2. The normalized spacial score (nSPS) is 10.9. The van der Waals surface area contributed by atoms with Gasteiger partial charge in [-0.3, -0.25) is 9.88 Å². The molecule has 2 aromatic rings. The van der Waals surface area contributed by atoms with E-state index in [0.29, 0.717) is 0 Å². The number of hydrogen-bond donors (Lipinski definition) is 1. The van der Waals surface area contributed by atoms with Crippen molar-refractivity contribution < 1.29 is 0 Å². The van der Waals surface area contributed by atoms with Crippen LogP contribution in [0.4, 0.5) is 5.69 Å². The molecule has 0 saturated carbocycles. The fourth-order valence-corrected chi connectivity index (χ4v) is 2.44. The maximum Gasteiger partial charge on any atom is 0.0564 e. The van der Waals surface area contributed by atoms with Gasteiger partial charge in [0, 0.05) is 36.0 Å². The molecular formula is C17H22BrN3. The molecule has 1 aromatic carbocycles. The summed E-state index contributed by atoms with van der Waals surface area (Å²) < 4.78 is 1.12. The fourth-order valence-electron chi connectivity index (χ4n) is 2.18. The molecule has 0 aliphatic rings. The number of hydrogen-bond acceptors (Lipinski definition) is 3. The van der Waals surface area contributed by atoms with Gasteiger partial charge in [-0.2, -0.15) is 0 Å². The second-order valence-corrected chi connectivity index (χ2v) is 6.18. The minimum absolute atomic E-state index is 0.845. The lowest BCUT2D eigenvalue weighted by Gasteiger charge is -2.17. The van der Waals surface area contributed by atoms with Crippen molar-refractivity contribution in [3.05, 3.63) is 58.3 Å². The average molecular weight is 348 g/mol. The van der Waals surface area contributed by atoms with E-state index in [-0.39, 0.29) is 0 Å². The third-order valence-electron chi connectivity index (χ3n) is 3.19. The molecule has 21 heavy (non-hydrogen) atoms. The summed E-state index contributed by atoms with van der Waals surface area (Å²) in [5.74, 6) is 0. The first-order valence-electron chi connectivity index (χ1n) is 7.29. The van der Waals surface area contributed by atoms with Gasteiger partial charge in [-0.1, -0.05) is 35.0 Å². The van der Waals surface area contributed by atoms with E-state index >= 15 is 0 Å². The zero-order chi connectivity index (χ0) is 15.1. The summed E-state index contributed by atoms with van der Waals surface area (Å²) >= 11 is 3.46. The minimum atomic E-state index is 0.845. The highest BCUT2D eigenvalue weighted by Gasteiger charge is 2.04. The van der Waals surface area contributed by atoms with Gasteiger partial charge in [0.05, 0.1) is 5.69 Å². The van der Waals surface area contributed by atoms with Crippen LogP contribution in [0.2, 0.25) is 0 Å². The number of pyridine rings is 1. The van der Waals surface area contributed by atoms with Crippen LogP contribution in [0.1, 0.15) is 24.6 Å². The molecule has 3 nitrogen and oxygen atoms in total. The van der Waals surface area contributed by atoms with E-state index in [9.17, 15) is 0 Å². The molecule has 0 spiro atoms. The Morgan fingerprint density at radius 2 is 1.90 bits per heavy atom. The van der Waals surface area contributed by atoms with Gasteiger partial charge >= 0.3 is 0 Å². The third-order valence-corrected chi connectivity index (χ3v) is 3.72. The Kier molecular flexibility index (Phi) is 6.21. The van der Waals surface area contributed by atoms with Gasteiger partial charge in [0.25, 0.3) is 0 Å². The highest BCUT2D eigenvalue weighted by Crippen LogP contribution is 2.14. The van der Waals surface area contributed by atoms with E-state index in [0.717, 1.165) is 41.9 Å². The average Bonchev–Trinajstić information content (AvgIpc) is 2.48. The van der Waals surface area contributed by atoms with Gasteiger partial charge in [0.15, 0.2) is 0 Å². The summed E-state index contributed by atoms with van der Waals surface area (Å²) in [6.45, 7) is 4.93. The van der Waals surface area contributed by atoms with Crippen molar-refractivity contribution in [1.29, 1.82) is 0 Å². The standard InChI is InChI=1S/C17H22BrN3/c1-3-9-19-16-8-10-20-17(11-16)13-21(2)12-14-4-6-15(18)7-5-14/h4-8,10-11H,3,9,12-13H2,1-2H3,(H,19,20). The van der Waals surface area contributed by atoms with Crippen molar-refractivity contribution in [2.45, 2.75) is 26.4 Å². The first kappa shape index (κ1) is 16.0. The van der Waals surface area contributed by atoms with E-state index in [1.54, 1.807) is 0 Å². The highest BCUT2D eigenvalue weighted by atomic mass is 79.9. The van der Waals surface area contributed by atoms with Crippen molar-refractivity contribution in [1.82, 2.24) is 9.88 Å². The first-order valence-corrected chi connectivity index (χ1v) is 8.08. The Morgan fingerprint density at radius 1 is 1.14 bits per heavy atom. The Morgan fingerprint density at radius 3 is 2.62 bits per heavy atom. The van der Waals surface area contributed by atoms with E-state index in [1.807, 2.05) is 12.3 Å². The second-order valence-electron chi connectivity index (χ2n) is 5.26. The minimum Gasteiger partial charge on any atom is -0.385 e. The lowest BCUT2D eigenvalue weighted by molar-refractivity contribution is 0.315. The van der Waals surface area contributed by atoms with Crippen molar-refractivity contribution >= 4 is 21.6 Å². The summed E-state index contributed by atoms with van der Waals surface area (Å²) in [5.41, 5.74) is 3.55. The molecule has 2 rings (SSSR count). The molecule has 1 heterocycles. The molecule has 0 amide bonds. The van der Waals surface area contributed by atoms with Crippen LogP contribution < -0.4 is 5.32 Å². The number of nitrogens with one attached hydrogen (secondary N) is 1. The molecule has 0 saturated heterocycles. The number of halogens is 1. The SMILES string of the molecule is CCCNc1ccnc(CN(C)Cc2ccc(Br)cc2)c1. The predicted octanol–water partition coefficient (Wildman–Crippen LogP) is 4.30. The largest absolute Gasteiger partial charge is 0.385 e. The molecule has 0 aliphatic carbocycles. The summed E-state index contributed by atoms with van der Waals surface area (Å²) in [7, 11) is 2.12. The number of rotatable bonds is 7. The number of benzene rings is 1. The van der Waals surface area contributed by atoms with Crippen LogP contribution in [0.25, 0.3) is 0 Å². The Labute approximate surface area is 135 Å². The quantitative estimate of drug-likeness (QED) is 0.809. The summed E-state index contributed by atoms with van der Waals surface area (Å²) in [4.78, 5) is 6.73. The van der Waals surface area contributed by atoms with Crippen molar-refractivity contribution in [2.24, 2.45) is 0 Å². The van der Waals surface area contributed by atoms with Gasteiger partial charge in [0.1, 0.15) is 0 Å². The van der Waals surface area contributed by atoms with Crippen molar-refractivity contribution in [3.63, 3.8) is 0 Å². The molecule has 0 unspecified atom stereocenters. The third kappa shape index (κ3) is 5.48. The Balaban J connectivity index is 1.92. The number of aromatic nitrogens is 1. The van der Waals surface area contributed by atoms with Crippen LogP contribution in [0, 0.1) is 0 Å². The summed E-state index contributed by atoms with van der Waals surface area (Å²) in [6.07, 6.45) is 3.00. The smallest absolute Gasteiger partial charge is 0.0564 e. The molecule has 0 atom stereocenters.